The van der Waals surface area contributed by atoms with E-state index in [0.29, 0.717) is 12.8 Å². The Labute approximate surface area is 153 Å². The second kappa shape index (κ2) is 8.80. The Kier molecular flexibility index (Phi) is 7.96. The molecule has 2 saturated carbocycles. The van der Waals surface area contributed by atoms with Crippen molar-refractivity contribution >= 4 is 0 Å². The predicted molar refractivity (Wildman–Crippen MR) is 83.8 cm³/mol. The molecule has 0 radical (unpaired) electrons. The van der Waals surface area contributed by atoms with Crippen molar-refractivity contribution in [1.29, 1.82) is 0 Å². The van der Waals surface area contributed by atoms with E-state index < -0.39 is 42.2 Å². The Hall–Kier alpha value is -0.630. The van der Waals surface area contributed by atoms with E-state index in [-0.39, 0.29) is 31.1 Å². The van der Waals surface area contributed by atoms with Crippen molar-refractivity contribution in [3.8, 4) is 0 Å². The monoisotopic (exact) mass is 414 g/mol. The normalized spacial score (nSPS) is 36.0. The highest BCUT2D eigenvalue weighted by molar-refractivity contribution is 4.86. The molecule has 0 amide bonds. The van der Waals surface area contributed by atoms with Gasteiger partial charge in [-0.1, -0.05) is 27.2 Å². The van der Waals surface area contributed by atoms with Gasteiger partial charge in [0.1, 0.15) is 0 Å². The van der Waals surface area contributed by atoms with Crippen LogP contribution in [0.1, 0.15) is 59.3 Å². The first kappa shape index (κ1) is 24.4. The maximum atomic E-state index is 12.4. The number of hydrogen-bond donors (Lipinski definition) is 0. The zero-order chi connectivity index (χ0) is 21.2. The summed E-state index contributed by atoms with van der Waals surface area (Å²) in [5.74, 6) is -5.55. The SMILES string of the molecule is CC1C(C(F)(F)F)CCCC1C(F)(F)F.CC1CC(C(F)(F)F)C[C@@H](C)C1. The third-order valence-electron chi connectivity index (χ3n) is 5.78. The van der Waals surface area contributed by atoms with Crippen LogP contribution in [0, 0.1) is 35.5 Å². The summed E-state index contributed by atoms with van der Waals surface area (Å²) >= 11 is 0. The first-order valence-electron chi connectivity index (χ1n) is 9.23. The van der Waals surface area contributed by atoms with E-state index >= 15 is 0 Å². The van der Waals surface area contributed by atoms with Gasteiger partial charge in [-0.2, -0.15) is 39.5 Å². The lowest BCUT2D eigenvalue weighted by Gasteiger charge is -2.37. The lowest BCUT2D eigenvalue weighted by Crippen LogP contribution is -2.41. The summed E-state index contributed by atoms with van der Waals surface area (Å²) in [6.45, 7) is 4.87. The number of halogens is 9. The van der Waals surface area contributed by atoms with Crippen LogP contribution in [0.2, 0.25) is 0 Å². The molecule has 0 aromatic heterocycles. The lowest BCUT2D eigenvalue weighted by molar-refractivity contribution is -0.242. The molecule has 0 spiro atoms. The van der Waals surface area contributed by atoms with Crippen molar-refractivity contribution in [2.45, 2.75) is 77.8 Å². The molecule has 0 N–H and O–H groups in total. The lowest BCUT2D eigenvalue weighted by atomic mass is 9.72. The van der Waals surface area contributed by atoms with Crippen molar-refractivity contribution in [2.75, 3.05) is 0 Å². The van der Waals surface area contributed by atoms with Gasteiger partial charge in [-0.25, -0.2) is 0 Å². The topological polar surface area (TPSA) is 0 Å². The minimum absolute atomic E-state index is 0.00130. The van der Waals surface area contributed by atoms with Crippen molar-refractivity contribution in [1.82, 2.24) is 0 Å². The molecule has 27 heavy (non-hydrogen) atoms. The van der Waals surface area contributed by atoms with Gasteiger partial charge in [0, 0.05) is 0 Å². The van der Waals surface area contributed by atoms with Gasteiger partial charge in [-0.3, -0.25) is 0 Å². The third kappa shape index (κ3) is 7.37. The molecule has 2 aliphatic carbocycles. The highest BCUT2D eigenvalue weighted by Gasteiger charge is 2.53. The highest BCUT2D eigenvalue weighted by atomic mass is 19.4. The van der Waals surface area contributed by atoms with Crippen molar-refractivity contribution in [2.24, 2.45) is 35.5 Å². The quantitative estimate of drug-likeness (QED) is 0.355. The molecule has 2 aliphatic rings. The van der Waals surface area contributed by atoms with Gasteiger partial charge < -0.3 is 0 Å². The van der Waals surface area contributed by atoms with E-state index in [1.807, 2.05) is 13.8 Å². The molecule has 162 valence electrons. The Morgan fingerprint density at radius 3 is 1.22 bits per heavy atom. The maximum Gasteiger partial charge on any atom is 0.392 e. The Balaban J connectivity index is 0.000000277. The average Bonchev–Trinajstić information content (AvgIpc) is 2.43. The van der Waals surface area contributed by atoms with Crippen LogP contribution in [0.4, 0.5) is 39.5 Å². The molecule has 2 rings (SSSR count). The smallest absolute Gasteiger partial charge is 0.171 e. The zero-order valence-electron chi connectivity index (χ0n) is 15.6. The molecule has 0 bridgehead atoms. The molecule has 0 aromatic carbocycles. The molecular weight excluding hydrogens is 387 g/mol. The van der Waals surface area contributed by atoms with Crippen molar-refractivity contribution in [3.63, 3.8) is 0 Å². The molecular formula is C18H27F9. The van der Waals surface area contributed by atoms with Crippen LogP contribution in [-0.4, -0.2) is 18.5 Å². The second-order valence-electron chi connectivity index (χ2n) is 8.24. The first-order chi connectivity index (χ1) is 12.0. The minimum Gasteiger partial charge on any atom is -0.171 e. The van der Waals surface area contributed by atoms with Crippen molar-refractivity contribution < 1.29 is 39.5 Å². The van der Waals surface area contributed by atoms with Crippen LogP contribution in [0.25, 0.3) is 0 Å². The van der Waals surface area contributed by atoms with Crippen LogP contribution >= 0.6 is 0 Å². The molecule has 4 unspecified atom stereocenters. The molecule has 0 aliphatic heterocycles. The van der Waals surface area contributed by atoms with Gasteiger partial charge in [0.2, 0.25) is 0 Å². The average molecular weight is 414 g/mol. The van der Waals surface area contributed by atoms with Gasteiger partial charge in [0.15, 0.2) is 0 Å². The third-order valence-corrected chi connectivity index (χ3v) is 5.78. The van der Waals surface area contributed by atoms with Gasteiger partial charge in [0.25, 0.3) is 0 Å². The zero-order valence-corrected chi connectivity index (χ0v) is 15.6. The van der Waals surface area contributed by atoms with E-state index in [0.717, 1.165) is 13.3 Å². The number of hydrogen-bond acceptors (Lipinski definition) is 0. The van der Waals surface area contributed by atoms with E-state index in [9.17, 15) is 39.5 Å². The van der Waals surface area contributed by atoms with Gasteiger partial charge >= 0.3 is 18.5 Å². The summed E-state index contributed by atoms with van der Waals surface area (Å²) in [5, 5.41) is 0. The largest absolute Gasteiger partial charge is 0.392 e. The van der Waals surface area contributed by atoms with E-state index in [1.165, 1.54) is 0 Å². The fourth-order valence-electron chi connectivity index (χ4n) is 4.50. The van der Waals surface area contributed by atoms with Crippen LogP contribution in [-0.2, 0) is 0 Å². The van der Waals surface area contributed by atoms with Crippen molar-refractivity contribution in [3.05, 3.63) is 0 Å². The standard InChI is InChI=1S/C9H12F6.C9H15F3/c1-5-6(8(10,11)12)3-2-4-7(5)9(13,14)15;1-6-3-7(2)5-8(4-6)9(10,11)12/h5-7H,2-4H2,1H3;6-8H,3-5H2,1-2H3/t;6-,7?,8?/m.0/s1. The molecule has 0 nitrogen and oxygen atoms in total. The number of rotatable bonds is 0. The summed E-state index contributed by atoms with van der Waals surface area (Å²) in [5.41, 5.74) is 0. The van der Waals surface area contributed by atoms with Gasteiger partial charge in [-0.15, -0.1) is 0 Å². The van der Waals surface area contributed by atoms with Gasteiger partial charge in [0.05, 0.1) is 17.8 Å². The Morgan fingerprint density at radius 1 is 0.556 bits per heavy atom. The molecule has 5 atom stereocenters. The van der Waals surface area contributed by atoms with E-state index in [4.69, 9.17) is 0 Å². The van der Waals surface area contributed by atoms with Crippen LogP contribution in [0.15, 0.2) is 0 Å². The molecule has 0 aromatic rings. The van der Waals surface area contributed by atoms with Crippen LogP contribution in [0.5, 0.6) is 0 Å². The molecule has 2 fully saturated rings. The fourth-order valence-corrected chi connectivity index (χ4v) is 4.50. The molecule has 9 heteroatoms. The van der Waals surface area contributed by atoms with E-state index in [1.54, 1.807) is 0 Å². The first-order valence-corrected chi connectivity index (χ1v) is 9.23. The van der Waals surface area contributed by atoms with E-state index in [2.05, 4.69) is 0 Å². The number of alkyl halides is 9. The highest BCUT2D eigenvalue weighted by Crippen LogP contribution is 2.49. The van der Waals surface area contributed by atoms with Crippen LogP contribution in [0.3, 0.4) is 0 Å². The summed E-state index contributed by atoms with van der Waals surface area (Å²) in [4.78, 5) is 0. The summed E-state index contributed by atoms with van der Waals surface area (Å²) in [6.07, 6.45) is -11.8. The minimum atomic E-state index is -4.51. The van der Waals surface area contributed by atoms with Gasteiger partial charge in [-0.05, 0) is 49.9 Å². The molecule has 0 saturated heterocycles. The van der Waals surface area contributed by atoms with Crippen LogP contribution < -0.4 is 0 Å². The Morgan fingerprint density at radius 2 is 0.926 bits per heavy atom. The Bertz CT molecular complexity index is 417. The second-order valence-corrected chi connectivity index (χ2v) is 8.24. The summed E-state index contributed by atoms with van der Waals surface area (Å²) < 4.78 is 111. The predicted octanol–water partition coefficient (Wildman–Crippen LogP) is 7.78. The fraction of sp³-hybridized carbons (Fsp3) is 1.00. The maximum absolute atomic E-state index is 12.4. The summed E-state index contributed by atoms with van der Waals surface area (Å²) in [7, 11) is 0. The molecule has 0 heterocycles. The summed E-state index contributed by atoms with van der Waals surface area (Å²) in [6, 6.07) is 0.